The third-order valence-electron chi connectivity index (χ3n) is 2.49. The molecule has 0 saturated heterocycles. The first-order chi connectivity index (χ1) is 7.67. The van der Waals surface area contributed by atoms with E-state index >= 15 is 0 Å². The molecule has 4 heteroatoms. The number of anilines is 1. The maximum atomic E-state index is 9.29. The summed E-state index contributed by atoms with van der Waals surface area (Å²) in [5, 5.41) is 17.8. The van der Waals surface area contributed by atoms with E-state index in [4.69, 9.17) is 11.0 Å². The molecule has 0 aliphatic heterocycles. The van der Waals surface area contributed by atoms with Crippen LogP contribution in [0.2, 0.25) is 0 Å². The summed E-state index contributed by atoms with van der Waals surface area (Å²) in [6.07, 6.45) is 0.529. The van der Waals surface area contributed by atoms with Crippen LogP contribution >= 0.6 is 0 Å². The van der Waals surface area contributed by atoms with Crippen molar-refractivity contribution in [3.63, 3.8) is 0 Å². The van der Waals surface area contributed by atoms with Crippen LogP contribution in [-0.4, -0.2) is 23.1 Å². The molecule has 0 unspecified atom stereocenters. The topological polar surface area (TPSA) is 73.3 Å². The van der Waals surface area contributed by atoms with Gasteiger partial charge in [0.05, 0.1) is 11.8 Å². The highest BCUT2D eigenvalue weighted by Gasteiger charge is 2.05. The SMILES string of the molecule is CCN(CCC#N)Cc1ccc(O)c(N)c1. The van der Waals surface area contributed by atoms with Crippen LogP contribution in [0.25, 0.3) is 0 Å². The molecule has 3 N–H and O–H groups in total. The van der Waals surface area contributed by atoms with Gasteiger partial charge >= 0.3 is 0 Å². The zero-order valence-electron chi connectivity index (χ0n) is 9.48. The maximum Gasteiger partial charge on any atom is 0.138 e. The van der Waals surface area contributed by atoms with E-state index in [1.54, 1.807) is 12.1 Å². The summed E-state index contributed by atoms with van der Waals surface area (Å²) in [7, 11) is 0. The first-order valence-electron chi connectivity index (χ1n) is 5.34. The number of phenolic OH excluding ortho intramolecular Hbond substituents is 1. The van der Waals surface area contributed by atoms with Gasteiger partial charge in [-0.05, 0) is 24.2 Å². The van der Waals surface area contributed by atoms with Gasteiger partial charge in [0.25, 0.3) is 0 Å². The molecule has 0 radical (unpaired) electrons. The number of phenols is 1. The fourth-order valence-electron chi connectivity index (χ4n) is 1.52. The Labute approximate surface area is 95.9 Å². The summed E-state index contributed by atoms with van der Waals surface area (Å²) < 4.78 is 0. The lowest BCUT2D eigenvalue weighted by molar-refractivity contribution is 0.286. The van der Waals surface area contributed by atoms with Gasteiger partial charge < -0.3 is 10.8 Å². The normalized spacial score (nSPS) is 10.3. The highest BCUT2D eigenvalue weighted by atomic mass is 16.3. The minimum Gasteiger partial charge on any atom is -0.506 e. The van der Waals surface area contributed by atoms with Gasteiger partial charge in [-0.1, -0.05) is 13.0 Å². The first kappa shape index (κ1) is 12.3. The molecule has 0 spiro atoms. The smallest absolute Gasteiger partial charge is 0.138 e. The number of nitriles is 1. The number of nitrogens with zero attached hydrogens (tertiary/aromatic N) is 2. The number of nitrogen functional groups attached to an aromatic ring is 1. The van der Waals surface area contributed by atoms with E-state index in [0.717, 1.165) is 25.2 Å². The highest BCUT2D eigenvalue weighted by Crippen LogP contribution is 2.21. The number of rotatable bonds is 5. The number of benzene rings is 1. The van der Waals surface area contributed by atoms with Crippen LogP contribution in [0.1, 0.15) is 18.9 Å². The van der Waals surface area contributed by atoms with Gasteiger partial charge in [-0.15, -0.1) is 0 Å². The van der Waals surface area contributed by atoms with Crippen LogP contribution in [0.15, 0.2) is 18.2 Å². The van der Waals surface area contributed by atoms with Gasteiger partial charge in [-0.2, -0.15) is 5.26 Å². The number of hydrogen-bond donors (Lipinski definition) is 2. The van der Waals surface area contributed by atoms with E-state index < -0.39 is 0 Å². The summed E-state index contributed by atoms with van der Waals surface area (Å²) in [6.45, 7) is 4.46. The minimum atomic E-state index is 0.115. The van der Waals surface area contributed by atoms with Gasteiger partial charge in [-0.3, -0.25) is 4.90 Å². The number of hydrogen-bond acceptors (Lipinski definition) is 4. The van der Waals surface area contributed by atoms with Crippen LogP contribution in [0.4, 0.5) is 5.69 Å². The summed E-state index contributed by atoms with van der Waals surface area (Å²) >= 11 is 0. The van der Waals surface area contributed by atoms with E-state index in [9.17, 15) is 5.11 Å². The molecular formula is C12H17N3O. The standard InChI is InChI=1S/C12H17N3O/c1-2-15(7-3-6-13)9-10-4-5-12(16)11(14)8-10/h4-5,8,16H,2-3,7,9,14H2,1H3. The highest BCUT2D eigenvalue weighted by molar-refractivity contribution is 5.53. The molecule has 0 fully saturated rings. The van der Waals surface area contributed by atoms with Crippen molar-refractivity contribution in [1.29, 1.82) is 5.26 Å². The van der Waals surface area contributed by atoms with Crippen molar-refractivity contribution in [1.82, 2.24) is 4.90 Å². The van der Waals surface area contributed by atoms with Crippen LogP contribution in [0.3, 0.4) is 0 Å². The van der Waals surface area contributed by atoms with Crippen LogP contribution in [-0.2, 0) is 6.54 Å². The van der Waals surface area contributed by atoms with E-state index in [0.29, 0.717) is 12.1 Å². The summed E-state index contributed by atoms with van der Waals surface area (Å²) in [4.78, 5) is 2.16. The minimum absolute atomic E-state index is 0.115. The molecule has 1 aromatic rings. The Hall–Kier alpha value is -1.73. The lowest BCUT2D eigenvalue weighted by Gasteiger charge is -2.19. The van der Waals surface area contributed by atoms with E-state index in [1.165, 1.54) is 0 Å². The molecular weight excluding hydrogens is 202 g/mol. The zero-order chi connectivity index (χ0) is 12.0. The van der Waals surface area contributed by atoms with Crippen LogP contribution in [0, 0.1) is 11.3 Å². The predicted molar refractivity (Wildman–Crippen MR) is 63.7 cm³/mol. The summed E-state index contributed by atoms with van der Waals surface area (Å²) in [5.41, 5.74) is 7.07. The second kappa shape index (κ2) is 5.99. The molecule has 0 aliphatic rings. The zero-order valence-corrected chi connectivity index (χ0v) is 9.48. The molecule has 0 heterocycles. The Balaban J connectivity index is 2.63. The fraction of sp³-hybridized carbons (Fsp3) is 0.417. The lowest BCUT2D eigenvalue weighted by atomic mass is 10.1. The second-order valence-corrected chi connectivity index (χ2v) is 3.67. The van der Waals surface area contributed by atoms with E-state index in [1.807, 2.05) is 6.07 Å². The monoisotopic (exact) mass is 219 g/mol. The van der Waals surface area contributed by atoms with Crippen molar-refractivity contribution in [3.8, 4) is 11.8 Å². The van der Waals surface area contributed by atoms with Crippen LogP contribution < -0.4 is 5.73 Å². The Morgan fingerprint density at radius 1 is 1.50 bits per heavy atom. The molecule has 4 nitrogen and oxygen atoms in total. The van der Waals surface area contributed by atoms with E-state index in [2.05, 4.69) is 17.9 Å². The Morgan fingerprint density at radius 2 is 2.25 bits per heavy atom. The van der Waals surface area contributed by atoms with Crippen molar-refractivity contribution in [2.75, 3.05) is 18.8 Å². The quantitative estimate of drug-likeness (QED) is 0.584. The summed E-state index contributed by atoms with van der Waals surface area (Å²) in [6, 6.07) is 7.35. The van der Waals surface area contributed by atoms with Gasteiger partial charge in [-0.25, -0.2) is 0 Å². The van der Waals surface area contributed by atoms with Gasteiger partial charge in [0, 0.05) is 19.5 Å². The second-order valence-electron chi connectivity index (χ2n) is 3.67. The maximum absolute atomic E-state index is 9.29. The molecule has 16 heavy (non-hydrogen) atoms. The van der Waals surface area contributed by atoms with Crippen LogP contribution in [0.5, 0.6) is 5.75 Å². The molecule has 0 amide bonds. The molecule has 0 aliphatic carbocycles. The largest absolute Gasteiger partial charge is 0.506 e. The number of aromatic hydroxyl groups is 1. The number of nitrogens with two attached hydrogens (primary N) is 1. The third-order valence-corrected chi connectivity index (χ3v) is 2.49. The van der Waals surface area contributed by atoms with Gasteiger partial charge in [0.15, 0.2) is 0 Å². The lowest BCUT2D eigenvalue weighted by Crippen LogP contribution is -2.23. The average molecular weight is 219 g/mol. The van der Waals surface area contributed by atoms with Gasteiger partial charge in [0.2, 0.25) is 0 Å². The van der Waals surface area contributed by atoms with Crippen molar-refractivity contribution < 1.29 is 5.11 Å². The van der Waals surface area contributed by atoms with Crippen molar-refractivity contribution in [2.45, 2.75) is 19.9 Å². The van der Waals surface area contributed by atoms with Crippen molar-refractivity contribution in [3.05, 3.63) is 23.8 Å². The molecule has 86 valence electrons. The third kappa shape index (κ3) is 3.44. The Bertz CT molecular complexity index is 384. The molecule has 1 rings (SSSR count). The molecule has 0 saturated carbocycles. The molecule has 0 bridgehead atoms. The predicted octanol–water partition coefficient (Wildman–Crippen LogP) is 1.71. The fourth-order valence-corrected chi connectivity index (χ4v) is 1.52. The molecule has 1 aromatic carbocycles. The summed E-state index contributed by atoms with van der Waals surface area (Å²) in [5.74, 6) is 0.115. The van der Waals surface area contributed by atoms with E-state index in [-0.39, 0.29) is 5.75 Å². The van der Waals surface area contributed by atoms with Crippen molar-refractivity contribution >= 4 is 5.69 Å². The average Bonchev–Trinajstić information content (AvgIpc) is 2.29. The Kier molecular flexibility index (Phi) is 4.62. The molecule has 0 aromatic heterocycles. The Morgan fingerprint density at radius 3 is 2.81 bits per heavy atom. The van der Waals surface area contributed by atoms with Gasteiger partial charge in [0.1, 0.15) is 5.75 Å². The first-order valence-corrected chi connectivity index (χ1v) is 5.34. The molecule has 0 atom stereocenters. The van der Waals surface area contributed by atoms with Crippen molar-refractivity contribution in [2.24, 2.45) is 0 Å².